The van der Waals surface area contributed by atoms with Gasteiger partial charge >= 0.3 is 5.97 Å². The number of esters is 1. The summed E-state index contributed by atoms with van der Waals surface area (Å²) in [4.78, 5) is 36.6. The van der Waals surface area contributed by atoms with Crippen molar-refractivity contribution in [3.63, 3.8) is 0 Å². The van der Waals surface area contributed by atoms with Gasteiger partial charge in [-0.3, -0.25) is 9.59 Å². The van der Waals surface area contributed by atoms with E-state index < -0.39 is 11.9 Å². The molecule has 3 aromatic rings. The number of primary amides is 1. The Kier molecular flexibility index (Phi) is 7.54. The van der Waals surface area contributed by atoms with Gasteiger partial charge in [-0.2, -0.15) is 0 Å². The smallest absolute Gasteiger partial charge is 0.341 e. The number of nitrogens with one attached hydrogen (secondary N) is 1. The van der Waals surface area contributed by atoms with E-state index in [9.17, 15) is 14.4 Å². The van der Waals surface area contributed by atoms with Gasteiger partial charge in [-0.15, -0.1) is 21.5 Å². The van der Waals surface area contributed by atoms with E-state index in [1.54, 1.807) is 6.92 Å². The predicted molar refractivity (Wildman–Crippen MR) is 129 cm³/mol. The van der Waals surface area contributed by atoms with Crippen molar-refractivity contribution in [2.45, 2.75) is 31.8 Å². The molecule has 2 aromatic heterocycles. The summed E-state index contributed by atoms with van der Waals surface area (Å²) in [6, 6.07) is 8.14. The van der Waals surface area contributed by atoms with Gasteiger partial charge in [0.25, 0.3) is 5.91 Å². The summed E-state index contributed by atoms with van der Waals surface area (Å²) in [5.41, 5.74) is 8.05. The van der Waals surface area contributed by atoms with Crippen molar-refractivity contribution >= 4 is 45.9 Å². The molecule has 0 spiro atoms. The fourth-order valence-electron chi connectivity index (χ4n) is 3.19. The van der Waals surface area contributed by atoms with Gasteiger partial charge < -0.3 is 20.4 Å². The molecule has 0 bridgehead atoms. The lowest BCUT2D eigenvalue weighted by atomic mass is 10.0. The normalized spacial score (nSPS) is 11.0. The van der Waals surface area contributed by atoms with Gasteiger partial charge in [0.2, 0.25) is 5.91 Å². The van der Waals surface area contributed by atoms with Crippen molar-refractivity contribution in [1.82, 2.24) is 14.8 Å². The Morgan fingerprint density at radius 1 is 1.21 bits per heavy atom. The zero-order valence-electron chi connectivity index (χ0n) is 19.0. The number of carbonyl (C=O) groups is 3. The summed E-state index contributed by atoms with van der Waals surface area (Å²) >= 11 is 2.16. The molecule has 3 rings (SSSR count). The van der Waals surface area contributed by atoms with Gasteiger partial charge in [-0.1, -0.05) is 49.9 Å². The standard InChI is InChI=1S/C22H25N5O4S2/c1-11(2)13-6-8-14(9-7-13)19-25-26-22(27(19)4)32-10-15(28)24-20-16(21(30)31-5)12(3)17(33-20)18(23)29/h6-9,11H,10H2,1-5H3,(H2,23,29)(H,24,28). The summed E-state index contributed by atoms with van der Waals surface area (Å²) in [5, 5.41) is 11.9. The first-order valence-electron chi connectivity index (χ1n) is 10.1. The quantitative estimate of drug-likeness (QED) is 0.367. The van der Waals surface area contributed by atoms with Crippen molar-refractivity contribution in [1.29, 1.82) is 0 Å². The van der Waals surface area contributed by atoms with Gasteiger partial charge in [0.1, 0.15) is 5.00 Å². The Balaban J connectivity index is 1.72. The minimum Gasteiger partial charge on any atom is -0.465 e. The molecular weight excluding hydrogens is 462 g/mol. The Labute approximate surface area is 199 Å². The number of thioether (sulfide) groups is 1. The second-order valence-electron chi connectivity index (χ2n) is 7.59. The predicted octanol–water partition coefficient (Wildman–Crippen LogP) is 3.59. The van der Waals surface area contributed by atoms with Crippen LogP contribution >= 0.6 is 23.1 Å². The number of thiophene rings is 1. The van der Waals surface area contributed by atoms with Crippen LogP contribution in [-0.2, 0) is 16.6 Å². The summed E-state index contributed by atoms with van der Waals surface area (Å²) < 4.78 is 6.60. The zero-order chi connectivity index (χ0) is 24.3. The van der Waals surface area contributed by atoms with E-state index >= 15 is 0 Å². The van der Waals surface area contributed by atoms with Gasteiger partial charge in [0.15, 0.2) is 11.0 Å². The van der Waals surface area contributed by atoms with E-state index in [4.69, 9.17) is 10.5 Å². The van der Waals surface area contributed by atoms with E-state index in [0.717, 1.165) is 16.9 Å². The van der Waals surface area contributed by atoms with Crippen LogP contribution in [0.3, 0.4) is 0 Å². The van der Waals surface area contributed by atoms with Gasteiger partial charge in [-0.05, 0) is 24.0 Å². The molecule has 0 fully saturated rings. The van der Waals surface area contributed by atoms with E-state index in [2.05, 4.69) is 41.5 Å². The number of benzene rings is 1. The van der Waals surface area contributed by atoms with Gasteiger partial charge in [0, 0.05) is 12.6 Å². The highest BCUT2D eigenvalue weighted by Gasteiger charge is 2.25. The minimum absolute atomic E-state index is 0.0295. The molecule has 0 radical (unpaired) electrons. The third-order valence-corrected chi connectivity index (χ3v) is 7.26. The first-order valence-corrected chi connectivity index (χ1v) is 11.9. The van der Waals surface area contributed by atoms with Crippen LogP contribution in [0.2, 0.25) is 0 Å². The van der Waals surface area contributed by atoms with Crippen molar-refractivity contribution < 1.29 is 19.1 Å². The molecule has 2 amide bonds. The number of anilines is 1. The van der Waals surface area contributed by atoms with Crippen molar-refractivity contribution in [3.8, 4) is 11.4 Å². The maximum Gasteiger partial charge on any atom is 0.341 e. The molecule has 1 aromatic carbocycles. The van der Waals surface area contributed by atoms with Crippen LogP contribution in [0, 0.1) is 6.92 Å². The van der Waals surface area contributed by atoms with Crippen LogP contribution in [0.4, 0.5) is 5.00 Å². The van der Waals surface area contributed by atoms with Crippen LogP contribution < -0.4 is 11.1 Å². The Bertz CT molecular complexity index is 1200. The van der Waals surface area contributed by atoms with Crippen LogP contribution in [0.25, 0.3) is 11.4 Å². The third-order valence-electron chi connectivity index (χ3n) is 5.02. The van der Waals surface area contributed by atoms with Crippen LogP contribution in [0.1, 0.15) is 50.9 Å². The van der Waals surface area contributed by atoms with E-state index in [-0.39, 0.29) is 27.1 Å². The molecule has 9 nitrogen and oxygen atoms in total. The molecule has 0 aliphatic carbocycles. The average Bonchev–Trinajstić information content (AvgIpc) is 3.31. The first kappa shape index (κ1) is 24.5. The fraction of sp³-hybridized carbons (Fsp3) is 0.318. The molecule has 0 aliphatic heterocycles. The second-order valence-corrected chi connectivity index (χ2v) is 9.56. The lowest BCUT2D eigenvalue weighted by Crippen LogP contribution is -2.16. The molecular formula is C22H25N5O4S2. The molecule has 174 valence electrons. The second kappa shape index (κ2) is 10.2. The number of hydrogen-bond acceptors (Lipinski definition) is 8. The Hall–Kier alpha value is -3.18. The van der Waals surface area contributed by atoms with E-state index in [0.29, 0.717) is 22.5 Å². The van der Waals surface area contributed by atoms with Crippen molar-refractivity contribution in [2.24, 2.45) is 12.8 Å². The van der Waals surface area contributed by atoms with E-state index in [1.807, 2.05) is 23.7 Å². The minimum atomic E-state index is -0.675. The lowest BCUT2D eigenvalue weighted by molar-refractivity contribution is -0.113. The average molecular weight is 488 g/mol. The van der Waals surface area contributed by atoms with Crippen molar-refractivity contribution in [2.75, 3.05) is 18.2 Å². The molecule has 2 heterocycles. The molecule has 11 heteroatoms. The van der Waals surface area contributed by atoms with Crippen LogP contribution in [-0.4, -0.2) is 45.4 Å². The molecule has 0 saturated carbocycles. The maximum absolute atomic E-state index is 12.6. The monoisotopic (exact) mass is 487 g/mol. The number of ether oxygens (including phenoxy) is 1. The molecule has 3 N–H and O–H groups in total. The number of nitrogens with two attached hydrogens (primary N) is 1. The van der Waals surface area contributed by atoms with Crippen LogP contribution in [0.5, 0.6) is 0 Å². The molecule has 0 aliphatic rings. The topological polar surface area (TPSA) is 129 Å². The van der Waals surface area contributed by atoms with Crippen LogP contribution in [0.15, 0.2) is 29.4 Å². The van der Waals surface area contributed by atoms with Crippen molar-refractivity contribution in [3.05, 3.63) is 45.8 Å². The number of nitrogens with zero attached hydrogens (tertiary/aromatic N) is 3. The summed E-state index contributed by atoms with van der Waals surface area (Å²) in [7, 11) is 3.07. The molecule has 33 heavy (non-hydrogen) atoms. The summed E-state index contributed by atoms with van der Waals surface area (Å²) in [6.07, 6.45) is 0. The number of rotatable bonds is 8. The number of carbonyl (C=O) groups excluding carboxylic acids is 3. The fourth-order valence-corrected chi connectivity index (χ4v) is 4.96. The molecule has 0 unspecified atom stereocenters. The highest BCUT2D eigenvalue weighted by Crippen LogP contribution is 2.34. The first-order chi connectivity index (χ1) is 15.6. The lowest BCUT2D eigenvalue weighted by Gasteiger charge is -2.08. The van der Waals surface area contributed by atoms with Gasteiger partial charge in [-0.25, -0.2) is 4.79 Å². The Morgan fingerprint density at radius 2 is 1.88 bits per heavy atom. The summed E-state index contributed by atoms with van der Waals surface area (Å²) in [5.74, 6) is -0.531. The summed E-state index contributed by atoms with van der Waals surface area (Å²) in [6.45, 7) is 5.86. The number of aromatic nitrogens is 3. The maximum atomic E-state index is 12.6. The van der Waals surface area contributed by atoms with E-state index in [1.165, 1.54) is 24.4 Å². The number of hydrogen-bond donors (Lipinski definition) is 2. The Morgan fingerprint density at radius 3 is 2.45 bits per heavy atom. The zero-order valence-corrected chi connectivity index (χ0v) is 20.6. The highest BCUT2D eigenvalue weighted by molar-refractivity contribution is 7.99. The highest BCUT2D eigenvalue weighted by atomic mass is 32.2. The van der Waals surface area contributed by atoms with Gasteiger partial charge in [0.05, 0.1) is 23.3 Å². The molecule has 0 saturated heterocycles. The largest absolute Gasteiger partial charge is 0.465 e. The number of amides is 2. The molecule has 0 atom stereocenters. The third kappa shape index (κ3) is 5.25. The number of methoxy groups -OCH3 is 1. The SMILES string of the molecule is COC(=O)c1c(NC(=O)CSc2nnc(-c3ccc(C(C)C)cc3)n2C)sc(C(N)=O)c1C.